The first-order valence-electron chi connectivity index (χ1n) is 30.8. The van der Waals surface area contributed by atoms with E-state index in [1.165, 1.54) is 238 Å². The normalized spacial score (nSPS) is 12.4. The highest BCUT2D eigenvalue weighted by Crippen LogP contribution is 2.19. The molecule has 0 aromatic rings. The molecule has 0 bridgehead atoms. The maximum Gasteiger partial charge on any atom is 0.306 e. The largest absolute Gasteiger partial charge is 0.462 e. The second-order valence-corrected chi connectivity index (χ2v) is 22.1. The lowest BCUT2D eigenvalue weighted by Gasteiger charge is -2.18. The molecule has 0 radical (unpaired) electrons. The van der Waals surface area contributed by atoms with Crippen LogP contribution in [-0.2, 0) is 28.6 Å². The lowest BCUT2D eigenvalue weighted by molar-refractivity contribution is -0.167. The van der Waals surface area contributed by atoms with E-state index in [2.05, 4.69) is 34.6 Å². The van der Waals surface area contributed by atoms with Gasteiger partial charge < -0.3 is 14.2 Å². The summed E-state index contributed by atoms with van der Waals surface area (Å²) in [7, 11) is 0. The summed E-state index contributed by atoms with van der Waals surface area (Å²) < 4.78 is 16.9. The van der Waals surface area contributed by atoms with Gasteiger partial charge >= 0.3 is 17.9 Å². The summed E-state index contributed by atoms with van der Waals surface area (Å²) in [5.74, 6) is 0.877. The number of ether oxygens (including phenoxy) is 3. The van der Waals surface area contributed by atoms with Crippen LogP contribution in [0.25, 0.3) is 0 Å². The molecule has 0 aromatic carbocycles. The van der Waals surface area contributed by atoms with E-state index in [1.54, 1.807) is 0 Å². The van der Waals surface area contributed by atoms with Crippen molar-refractivity contribution in [2.45, 2.75) is 355 Å². The number of hydrogen-bond acceptors (Lipinski definition) is 6. The Morgan fingerprint density at radius 2 is 0.559 bits per heavy atom. The van der Waals surface area contributed by atoms with Gasteiger partial charge in [-0.15, -0.1) is 0 Å². The van der Waals surface area contributed by atoms with Crippen LogP contribution in [0.5, 0.6) is 0 Å². The van der Waals surface area contributed by atoms with Gasteiger partial charge in [-0.1, -0.05) is 311 Å². The summed E-state index contributed by atoms with van der Waals surface area (Å²) in [6, 6.07) is 0. The van der Waals surface area contributed by atoms with Crippen molar-refractivity contribution >= 4 is 17.9 Å². The number of carbonyl (C=O) groups excluding carboxylic acids is 3. The Balaban J connectivity index is 4.29. The van der Waals surface area contributed by atoms with Crippen molar-refractivity contribution in [3.05, 3.63) is 0 Å². The van der Waals surface area contributed by atoms with E-state index in [-0.39, 0.29) is 31.1 Å². The fourth-order valence-electron chi connectivity index (χ4n) is 9.55. The zero-order chi connectivity index (χ0) is 49.6. The van der Waals surface area contributed by atoms with E-state index < -0.39 is 6.10 Å². The molecule has 2 atom stereocenters. The molecule has 0 fully saturated rings. The Hall–Kier alpha value is -1.59. The molecule has 0 amide bonds. The predicted molar refractivity (Wildman–Crippen MR) is 293 cm³/mol. The van der Waals surface area contributed by atoms with Crippen molar-refractivity contribution in [1.29, 1.82) is 0 Å². The van der Waals surface area contributed by atoms with Gasteiger partial charge in [0.1, 0.15) is 13.2 Å². The van der Waals surface area contributed by atoms with E-state index in [0.29, 0.717) is 19.3 Å². The van der Waals surface area contributed by atoms with Gasteiger partial charge in [0, 0.05) is 19.3 Å². The molecule has 0 aliphatic carbocycles. The van der Waals surface area contributed by atoms with Crippen molar-refractivity contribution in [1.82, 2.24) is 0 Å². The monoisotopic (exact) mass is 961 g/mol. The van der Waals surface area contributed by atoms with Gasteiger partial charge in [0.25, 0.3) is 0 Å². The third-order valence-electron chi connectivity index (χ3n) is 14.6. The van der Waals surface area contributed by atoms with Gasteiger partial charge in [-0.3, -0.25) is 14.4 Å². The van der Waals surface area contributed by atoms with Gasteiger partial charge in [0.2, 0.25) is 0 Å². The number of unbranched alkanes of at least 4 members (excludes halogenated alkanes) is 40. The van der Waals surface area contributed by atoms with Crippen LogP contribution in [-0.4, -0.2) is 37.2 Å². The van der Waals surface area contributed by atoms with Crippen LogP contribution in [0.1, 0.15) is 349 Å². The predicted octanol–water partition coefficient (Wildman–Crippen LogP) is 20.4. The third kappa shape index (κ3) is 53.8. The average Bonchev–Trinajstić information content (AvgIpc) is 3.32. The van der Waals surface area contributed by atoms with Crippen LogP contribution >= 0.6 is 0 Å². The van der Waals surface area contributed by atoms with Crippen molar-refractivity contribution in [2.24, 2.45) is 11.8 Å². The summed E-state index contributed by atoms with van der Waals surface area (Å²) in [6.07, 6.45) is 59.5. The zero-order valence-corrected chi connectivity index (χ0v) is 46.7. The molecule has 68 heavy (non-hydrogen) atoms. The van der Waals surface area contributed by atoms with Crippen molar-refractivity contribution in [3.63, 3.8) is 0 Å². The van der Waals surface area contributed by atoms with Gasteiger partial charge in [-0.2, -0.15) is 0 Å². The smallest absolute Gasteiger partial charge is 0.306 e. The fourth-order valence-corrected chi connectivity index (χ4v) is 9.55. The van der Waals surface area contributed by atoms with Gasteiger partial charge in [0.05, 0.1) is 0 Å². The Bertz CT molecular complexity index is 1040. The first-order valence-corrected chi connectivity index (χ1v) is 30.8. The number of carbonyl (C=O) groups is 3. The highest BCUT2D eigenvalue weighted by molar-refractivity contribution is 5.71. The molecule has 6 heteroatoms. The van der Waals surface area contributed by atoms with Crippen LogP contribution in [0.15, 0.2) is 0 Å². The maximum absolute atomic E-state index is 12.9. The quantitative estimate of drug-likeness (QED) is 0.0343. The zero-order valence-electron chi connectivity index (χ0n) is 46.7. The summed E-state index contributed by atoms with van der Waals surface area (Å²) >= 11 is 0. The molecule has 0 heterocycles. The summed E-state index contributed by atoms with van der Waals surface area (Å²) in [4.78, 5) is 38.2. The lowest BCUT2D eigenvalue weighted by Crippen LogP contribution is -2.30. The molecule has 0 rings (SSSR count). The van der Waals surface area contributed by atoms with Crippen LogP contribution in [0.4, 0.5) is 0 Å². The molecular weight excluding hydrogens is 841 g/mol. The Kier molecular flexibility index (Phi) is 53.5. The maximum atomic E-state index is 12.9. The highest BCUT2D eigenvalue weighted by atomic mass is 16.6. The van der Waals surface area contributed by atoms with E-state index in [9.17, 15) is 14.4 Å². The molecule has 0 saturated heterocycles. The van der Waals surface area contributed by atoms with Crippen molar-refractivity contribution in [2.75, 3.05) is 13.2 Å². The van der Waals surface area contributed by atoms with Gasteiger partial charge in [-0.25, -0.2) is 0 Å². The SMILES string of the molecule is CCCCCCCCCCCCCCCCCCCCCC(=O)OC[C@H](COC(=O)CCCCCCCCCCCCC(C)CC)OC(=O)CCCCCCCCCCCCCCCCC(C)C. The summed E-state index contributed by atoms with van der Waals surface area (Å²) in [5, 5.41) is 0. The second-order valence-electron chi connectivity index (χ2n) is 22.1. The third-order valence-corrected chi connectivity index (χ3v) is 14.6. The number of hydrogen-bond donors (Lipinski definition) is 0. The van der Waals surface area contributed by atoms with E-state index in [4.69, 9.17) is 14.2 Å². The molecule has 404 valence electrons. The lowest BCUT2D eigenvalue weighted by atomic mass is 9.99. The van der Waals surface area contributed by atoms with E-state index in [0.717, 1.165) is 69.6 Å². The fraction of sp³-hybridized carbons (Fsp3) is 0.952. The first-order chi connectivity index (χ1) is 33.3. The first kappa shape index (κ1) is 66.4. The molecular formula is C62H120O6. The number of rotatable bonds is 56. The highest BCUT2D eigenvalue weighted by Gasteiger charge is 2.19. The second kappa shape index (κ2) is 54.7. The molecule has 0 spiro atoms. The van der Waals surface area contributed by atoms with Gasteiger partial charge in [0.15, 0.2) is 6.10 Å². The number of esters is 3. The van der Waals surface area contributed by atoms with Crippen LogP contribution in [0.3, 0.4) is 0 Å². The van der Waals surface area contributed by atoms with Crippen LogP contribution < -0.4 is 0 Å². The van der Waals surface area contributed by atoms with E-state index in [1.807, 2.05) is 0 Å². The van der Waals surface area contributed by atoms with Crippen LogP contribution in [0.2, 0.25) is 0 Å². The van der Waals surface area contributed by atoms with Gasteiger partial charge in [-0.05, 0) is 31.1 Å². The minimum absolute atomic E-state index is 0.0624. The van der Waals surface area contributed by atoms with Crippen LogP contribution in [0, 0.1) is 11.8 Å². The Labute approximate surface area is 425 Å². The molecule has 0 aromatic heterocycles. The minimum atomic E-state index is -0.763. The molecule has 0 N–H and O–H groups in total. The Morgan fingerprint density at radius 3 is 0.838 bits per heavy atom. The van der Waals surface area contributed by atoms with Crippen molar-refractivity contribution < 1.29 is 28.6 Å². The molecule has 0 aliphatic heterocycles. The molecule has 0 aliphatic rings. The molecule has 1 unspecified atom stereocenters. The minimum Gasteiger partial charge on any atom is -0.462 e. The van der Waals surface area contributed by atoms with Crippen molar-refractivity contribution in [3.8, 4) is 0 Å². The topological polar surface area (TPSA) is 78.9 Å². The average molecular weight is 962 g/mol. The molecule has 6 nitrogen and oxygen atoms in total. The summed E-state index contributed by atoms with van der Waals surface area (Å²) in [6.45, 7) is 11.5. The molecule has 0 saturated carbocycles. The summed E-state index contributed by atoms with van der Waals surface area (Å²) in [5.41, 5.74) is 0. The van der Waals surface area contributed by atoms with E-state index >= 15 is 0 Å². The standard InChI is InChI=1S/C62H120O6/c1-6-8-9-10-11-12-13-14-15-16-17-18-19-23-26-32-37-42-47-52-60(63)66-55-59(56-67-61(64)53-48-43-38-33-29-28-31-36-41-46-51-58(5)7-2)68-62(65)54-49-44-39-34-27-24-21-20-22-25-30-35-40-45-50-57(3)4/h57-59H,6-56H2,1-5H3/t58?,59-/m1/s1. The Morgan fingerprint density at radius 1 is 0.309 bits per heavy atom.